The van der Waals surface area contributed by atoms with Crippen LogP contribution in [0.25, 0.3) is 6.08 Å². The highest BCUT2D eigenvalue weighted by molar-refractivity contribution is 5.51. The van der Waals surface area contributed by atoms with Gasteiger partial charge in [-0.3, -0.25) is 0 Å². The molecule has 0 spiro atoms. The van der Waals surface area contributed by atoms with Crippen molar-refractivity contribution in [2.75, 3.05) is 6.54 Å². The van der Waals surface area contributed by atoms with E-state index in [9.17, 15) is 8.78 Å². The van der Waals surface area contributed by atoms with E-state index in [1.807, 2.05) is 6.08 Å². The molecule has 2 atom stereocenters. The number of benzene rings is 1. The Labute approximate surface area is 107 Å². The number of rotatable bonds is 2. The summed E-state index contributed by atoms with van der Waals surface area (Å²) < 4.78 is 27.0. The highest BCUT2D eigenvalue weighted by Crippen LogP contribution is 2.19. The average Bonchev–Trinajstić information content (AvgIpc) is 2.32. The minimum absolute atomic E-state index is 0.262. The maximum absolute atomic E-state index is 13.6. The standard InChI is InChI=1S/C15H19F2N/c1-10-5-6-18-13(7-10)4-3-12-9-14(16)11(2)8-15(12)17/h3-4,8-10,13,18H,5-7H2,1-2H3/b4-3+. The molecule has 18 heavy (non-hydrogen) atoms. The van der Waals surface area contributed by atoms with Crippen LogP contribution < -0.4 is 5.32 Å². The van der Waals surface area contributed by atoms with E-state index in [-0.39, 0.29) is 17.7 Å². The molecule has 1 nitrogen and oxygen atoms in total. The summed E-state index contributed by atoms with van der Waals surface area (Å²) in [6.07, 6.45) is 5.83. The van der Waals surface area contributed by atoms with Crippen molar-refractivity contribution in [2.24, 2.45) is 5.92 Å². The predicted octanol–water partition coefficient (Wildman–Crippen LogP) is 3.67. The second-order valence-electron chi connectivity index (χ2n) is 5.17. The predicted molar refractivity (Wildman–Crippen MR) is 70.3 cm³/mol. The Morgan fingerprint density at radius 2 is 2.06 bits per heavy atom. The third kappa shape index (κ3) is 3.16. The first-order valence-corrected chi connectivity index (χ1v) is 6.43. The quantitative estimate of drug-likeness (QED) is 0.845. The summed E-state index contributed by atoms with van der Waals surface area (Å²) in [5, 5.41) is 3.36. The smallest absolute Gasteiger partial charge is 0.130 e. The lowest BCUT2D eigenvalue weighted by molar-refractivity contribution is 0.357. The molecule has 3 heteroatoms. The lowest BCUT2D eigenvalue weighted by Gasteiger charge is -2.25. The molecule has 0 aromatic heterocycles. The van der Waals surface area contributed by atoms with Gasteiger partial charge >= 0.3 is 0 Å². The molecule has 98 valence electrons. The van der Waals surface area contributed by atoms with Crippen molar-refractivity contribution in [3.8, 4) is 0 Å². The number of piperidine rings is 1. The van der Waals surface area contributed by atoms with Crippen LogP contribution in [-0.2, 0) is 0 Å². The van der Waals surface area contributed by atoms with Gasteiger partial charge < -0.3 is 5.32 Å². The molecule has 1 N–H and O–H groups in total. The van der Waals surface area contributed by atoms with E-state index >= 15 is 0 Å². The van der Waals surface area contributed by atoms with Crippen LogP contribution in [0, 0.1) is 24.5 Å². The number of hydrogen-bond acceptors (Lipinski definition) is 1. The van der Waals surface area contributed by atoms with Gasteiger partial charge in [0.2, 0.25) is 0 Å². The Balaban J connectivity index is 2.11. The molecular weight excluding hydrogens is 232 g/mol. The van der Waals surface area contributed by atoms with Crippen molar-refractivity contribution in [1.82, 2.24) is 5.32 Å². The van der Waals surface area contributed by atoms with Crippen LogP contribution in [0.4, 0.5) is 8.78 Å². The van der Waals surface area contributed by atoms with Gasteiger partial charge in [0, 0.05) is 11.6 Å². The van der Waals surface area contributed by atoms with Crippen LogP contribution in [-0.4, -0.2) is 12.6 Å². The molecule has 0 bridgehead atoms. The molecule has 0 amide bonds. The van der Waals surface area contributed by atoms with Crippen molar-refractivity contribution in [2.45, 2.75) is 32.7 Å². The highest BCUT2D eigenvalue weighted by Gasteiger charge is 2.15. The summed E-state index contributed by atoms with van der Waals surface area (Å²) in [5.74, 6) is -0.0458. The van der Waals surface area contributed by atoms with Crippen LogP contribution in [0.3, 0.4) is 0 Å². The van der Waals surface area contributed by atoms with Gasteiger partial charge in [0.1, 0.15) is 11.6 Å². The van der Waals surface area contributed by atoms with Crippen LogP contribution in [0.15, 0.2) is 18.2 Å². The first-order valence-electron chi connectivity index (χ1n) is 6.43. The molecule has 1 aromatic carbocycles. The monoisotopic (exact) mass is 251 g/mol. The van der Waals surface area contributed by atoms with Crippen LogP contribution in [0.5, 0.6) is 0 Å². The number of aryl methyl sites for hydroxylation is 1. The zero-order chi connectivity index (χ0) is 13.1. The van der Waals surface area contributed by atoms with Gasteiger partial charge in [-0.05, 0) is 49.9 Å². The summed E-state index contributed by atoms with van der Waals surface area (Å²) in [6.45, 7) is 4.77. The molecule has 1 saturated heterocycles. The fourth-order valence-corrected chi connectivity index (χ4v) is 2.31. The molecule has 0 radical (unpaired) electrons. The summed E-state index contributed by atoms with van der Waals surface area (Å²) in [5.41, 5.74) is 0.659. The van der Waals surface area contributed by atoms with Crippen molar-refractivity contribution in [1.29, 1.82) is 0 Å². The number of nitrogens with one attached hydrogen (secondary N) is 1. The fourth-order valence-electron chi connectivity index (χ4n) is 2.31. The van der Waals surface area contributed by atoms with E-state index < -0.39 is 0 Å². The number of halogens is 2. The van der Waals surface area contributed by atoms with Gasteiger partial charge in [0.05, 0.1) is 0 Å². The Bertz CT molecular complexity index is 454. The molecule has 1 aliphatic rings. The third-order valence-corrected chi connectivity index (χ3v) is 3.49. The van der Waals surface area contributed by atoms with Gasteiger partial charge in [-0.1, -0.05) is 19.1 Å². The lowest BCUT2D eigenvalue weighted by Crippen LogP contribution is -2.35. The van der Waals surface area contributed by atoms with Gasteiger partial charge in [-0.25, -0.2) is 8.78 Å². The zero-order valence-corrected chi connectivity index (χ0v) is 10.8. The Kier molecular flexibility index (Phi) is 4.12. The first-order chi connectivity index (χ1) is 8.56. The molecule has 0 aliphatic carbocycles. The van der Waals surface area contributed by atoms with Crippen molar-refractivity contribution in [3.05, 3.63) is 41.0 Å². The molecule has 1 aromatic rings. The summed E-state index contributed by atoms with van der Waals surface area (Å²) in [7, 11) is 0. The van der Waals surface area contributed by atoms with Gasteiger partial charge in [-0.15, -0.1) is 0 Å². The minimum atomic E-state index is -0.367. The second kappa shape index (κ2) is 5.61. The van der Waals surface area contributed by atoms with Gasteiger partial charge in [0.25, 0.3) is 0 Å². The van der Waals surface area contributed by atoms with E-state index in [1.54, 1.807) is 13.0 Å². The molecular formula is C15H19F2N. The zero-order valence-electron chi connectivity index (χ0n) is 10.8. The summed E-state index contributed by atoms with van der Waals surface area (Å²) in [6, 6.07) is 2.76. The van der Waals surface area contributed by atoms with Crippen molar-refractivity contribution >= 4 is 6.08 Å². The van der Waals surface area contributed by atoms with E-state index in [2.05, 4.69) is 12.2 Å². The third-order valence-electron chi connectivity index (χ3n) is 3.49. The minimum Gasteiger partial charge on any atom is -0.310 e. The highest BCUT2D eigenvalue weighted by atomic mass is 19.1. The van der Waals surface area contributed by atoms with E-state index in [4.69, 9.17) is 0 Å². The Morgan fingerprint density at radius 3 is 2.78 bits per heavy atom. The van der Waals surface area contributed by atoms with E-state index in [0.717, 1.165) is 13.0 Å². The lowest BCUT2D eigenvalue weighted by atomic mass is 9.94. The second-order valence-corrected chi connectivity index (χ2v) is 5.17. The fraction of sp³-hybridized carbons (Fsp3) is 0.467. The molecule has 1 fully saturated rings. The summed E-state index contributed by atoms with van der Waals surface area (Å²) in [4.78, 5) is 0. The molecule has 2 rings (SSSR count). The van der Waals surface area contributed by atoms with Crippen LogP contribution >= 0.6 is 0 Å². The maximum atomic E-state index is 13.6. The Hall–Kier alpha value is -1.22. The average molecular weight is 251 g/mol. The summed E-state index contributed by atoms with van der Waals surface area (Å²) >= 11 is 0. The maximum Gasteiger partial charge on any atom is 0.130 e. The van der Waals surface area contributed by atoms with Gasteiger partial charge in [-0.2, -0.15) is 0 Å². The SMILES string of the molecule is Cc1cc(F)c(/C=C/C2CC(C)CCN2)cc1F. The van der Waals surface area contributed by atoms with Crippen molar-refractivity contribution < 1.29 is 8.78 Å². The Morgan fingerprint density at radius 1 is 1.28 bits per heavy atom. The first kappa shape index (κ1) is 13.2. The number of hydrogen-bond donors (Lipinski definition) is 1. The van der Waals surface area contributed by atoms with Gasteiger partial charge in [0.15, 0.2) is 0 Å². The topological polar surface area (TPSA) is 12.0 Å². The normalized spacial score (nSPS) is 24.7. The largest absolute Gasteiger partial charge is 0.310 e. The van der Waals surface area contributed by atoms with Crippen LogP contribution in [0.2, 0.25) is 0 Å². The van der Waals surface area contributed by atoms with Crippen LogP contribution in [0.1, 0.15) is 30.9 Å². The van der Waals surface area contributed by atoms with Crippen molar-refractivity contribution in [3.63, 3.8) is 0 Å². The molecule has 2 unspecified atom stereocenters. The van der Waals surface area contributed by atoms with E-state index in [1.165, 1.54) is 18.6 Å². The molecule has 1 heterocycles. The van der Waals surface area contributed by atoms with E-state index in [0.29, 0.717) is 17.0 Å². The molecule has 0 saturated carbocycles. The molecule has 1 aliphatic heterocycles.